The van der Waals surface area contributed by atoms with Crippen LogP contribution in [-0.2, 0) is 36.7 Å². The quantitative estimate of drug-likeness (QED) is 0.129. The van der Waals surface area contributed by atoms with E-state index in [4.69, 9.17) is 26.2 Å². The Balaban J connectivity index is 0.000000238. The summed E-state index contributed by atoms with van der Waals surface area (Å²) in [6, 6.07) is 5.23. The molecule has 0 unspecified atom stereocenters. The number of carboxylic acid groups (broad SMARTS) is 1. The lowest BCUT2D eigenvalue weighted by Gasteiger charge is -2.03. The Hall–Kier alpha value is -4.64. The molecule has 0 atom stereocenters. The number of anilines is 1. The van der Waals surface area contributed by atoms with Gasteiger partial charge in [0, 0.05) is 41.0 Å². The number of carboxylic acids is 1. The summed E-state index contributed by atoms with van der Waals surface area (Å²) in [4.78, 5) is 63.0. The number of halogens is 1. The highest BCUT2D eigenvalue weighted by Crippen LogP contribution is 2.35. The van der Waals surface area contributed by atoms with E-state index >= 15 is 0 Å². The average molecular weight is 612 g/mol. The third-order valence-electron chi connectivity index (χ3n) is 6.78. The zero-order valence-corrected chi connectivity index (χ0v) is 25.1. The van der Waals surface area contributed by atoms with Crippen molar-refractivity contribution >= 4 is 59.0 Å². The molecule has 4 rings (SSSR count). The maximum absolute atomic E-state index is 12.2. The molecule has 4 N–H and O–H groups in total. The smallest absolute Gasteiger partial charge is 0.355 e. The molecule has 0 spiro atoms. The molecule has 3 aromatic rings. The molecule has 1 amide bonds. The number of aryl methyl sites for hydroxylation is 1. The van der Waals surface area contributed by atoms with Gasteiger partial charge in [0.25, 0.3) is 5.91 Å². The summed E-state index contributed by atoms with van der Waals surface area (Å²) in [6.45, 7) is 7.64. The zero-order valence-electron chi connectivity index (χ0n) is 24.4. The second kappa shape index (κ2) is 15.0. The first-order valence-corrected chi connectivity index (χ1v) is 14.1. The Bertz CT molecular complexity index is 1570. The molecule has 1 aliphatic heterocycles. The highest BCUT2D eigenvalue weighted by molar-refractivity contribution is 6.36. The third-order valence-corrected chi connectivity index (χ3v) is 7.02. The Labute approximate surface area is 253 Å². The van der Waals surface area contributed by atoms with E-state index in [0.29, 0.717) is 53.2 Å². The van der Waals surface area contributed by atoms with E-state index in [0.717, 1.165) is 28.1 Å². The fraction of sp³-hybridized carbons (Fsp3) is 0.323. The lowest BCUT2D eigenvalue weighted by molar-refractivity contribution is -0.143. The molecule has 228 valence electrons. The molecule has 3 heterocycles. The molecule has 1 aromatic carbocycles. The Morgan fingerprint density at radius 2 is 1.70 bits per heavy atom. The number of aromatic nitrogens is 2. The fourth-order valence-electron chi connectivity index (χ4n) is 4.66. The number of aldehydes is 1. The molecule has 0 saturated carbocycles. The van der Waals surface area contributed by atoms with Crippen molar-refractivity contribution in [2.75, 3.05) is 18.5 Å². The first kappa shape index (κ1) is 32.9. The van der Waals surface area contributed by atoms with Crippen molar-refractivity contribution in [1.29, 1.82) is 0 Å². The summed E-state index contributed by atoms with van der Waals surface area (Å²) in [6.07, 6.45) is 5.16. The fourth-order valence-corrected chi connectivity index (χ4v) is 4.83. The molecule has 2 aromatic heterocycles. The van der Waals surface area contributed by atoms with Gasteiger partial charge < -0.3 is 29.9 Å². The van der Waals surface area contributed by atoms with Gasteiger partial charge in [-0.1, -0.05) is 11.6 Å². The molecular formula is C31H34ClN3O8. The molecule has 43 heavy (non-hydrogen) atoms. The highest BCUT2D eigenvalue weighted by atomic mass is 35.5. The van der Waals surface area contributed by atoms with Crippen molar-refractivity contribution in [1.82, 2.24) is 9.97 Å². The molecule has 12 heteroatoms. The van der Waals surface area contributed by atoms with E-state index in [2.05, 4.69) is 15.3 Å². The minimum absolute atomic E-state index is 0.0451. The van der Waals surface area contributed by atoms with Gasteiger partial charge >= 0.3 is 17.9 Å². The lowest BCUT2D eigenvalue weighted by atomic mass is 10.0. The van der Waals surface area contributed by atoms with Crippen molar-refractivity contribution in [3.8, 4) is 0 Å². The first-order chi connectivity index (χ1) is 20.5. The van der Waals surface area contributed by atoms with Gasteiger partial charge in [0.05, 0.1) is 24.5 Å². The number of carbonyl (C=O) groups excluding carboxylic acids is 4. The van der Waals surface area contributed by atoms with Crippen LogP contribution < -0.4 is 5.32 Å². The molecule has 0 fully saturated rings. The normalized spacial score (nSPS) is 12.7. The number of hydrogen-bond acceptors (Lipinski definition) is 7. The largest absolute Gasteiger partial charge is 0.481 e. The van der Waals surface area contributed by atoms with E-state index in [1.807, 2.05) is 13.1 Å². The number of nitrogens with one attached hydrogen (secondary N) is 3. The SMILES string of the molecule is CCOC(=O)CCc1c(C=O)[nH]c(C(=O)OCC)c1C.Cc1c[nH]c(/C=C2\C(=O)Nc3ccc(Cl)cc32)c1CCC(=O)O. The van der Waals surface area contributed by atoms with E-state index in [9.17, 15) is 24.0 Å². The number of rotatable bonds is 11. The van der Waals surface area contributed by atoms with Crippen LogP contribution in [0.5, 0.6) is 0 Å². The van der Waals surface area contributed by atoms with Crippen LogP contribution in [-0.4, -0.2) is 58.4 Å². The van der Waals surface area contributed by atoms with Gasteiger partial charge in [0.15, 0.2) is 6.29 Å². The van der Waals surface area contributed by atoms with Crippen LogP contribution in [0.1, 0.15) is 81.2 Å². The van der Waals surface area contributed by atoms with Crippen LogP contribution in [0.15, 0.2) is 24.4 Å². The molecule has 0 bridgehead atoms. The first-order valence-electron chi connectivity index (χ1n) is 13.7. The van der Waals surface area contributed by atoms with Crippen LogP contribution >= 0.6 is 11.6 Å². The van der Waals surface area contributed by atoms with Crippen LogP contribution in [0, 0.1) is 13.8 Å². The number of carbonyl (C=O) groups is 5. The highest BCUT2D eigenvalue weighted by Gasteiger charge is 2.25. The predicted molar refractivity (Wildman–Crippen MR) is 161 cm³/mol. The minimum atomic E-state index is -0.847. The maximum atomic E-state index is 12.2. The second-order valence-electron chi connectivity index (χ2n) is 9.62. The minimum Gasteiger partial charge on any atom is -0.481 e. The van der Waals surface area contributed by atoms with Gasteiger partial charge in [-0.05, 0) is 87.1 Å². The molecule has 0 radical (unpaired) electrons. The lowest BCUT2D eigenvalue weighted by Crippen LogP contribution is -2.07. The van der Waals surface area contributed by atoms with Crippen LogP contribution in [0.3, 0.4) is 0 Å². The van der Waals surface area contributed by atoms with E-state index in [1.54, 1.807) is 45.0 Å². The Kier molecular flexibility index (Phi) is 11.5. The molecule has 0 saturated heterocycles. The van der Waals surface area contributed by atoms with Crippen molar-refractivity contribution in [2.24, 2.45) is 0 Å². The van der Waals surface area contributed by atoms with Crippen molar-refractivity contribution < 1.29 is 38.6 Å². The van der Waals surface area contributed by atoms with Gasteiger partial charge in [-0.2, -0.15) is 0 Å². The summed E-state index contributed by atoms with van der Waals surface area (Å²) in [7, 11) is 0. The summed E-state index contributed by atoms with van der Waals surface area (Å²) in [5.74, 6) is -1.88. The third kappa shape index (κ3) is 8.23. The molecule has 0 aliphatic carbocycles. The summed E-state index contributed by atoms with van der Waals surface area (Å²) in [5, 5.41) is 12.2. The number of benzene rings is 1. The number of esters is 2. The van der Waals surface area contributed by atoms with Gasteiger partial charge in [-0.3, -0.25) is 19.2 Å². The monoisotopic (exact) mass is 611 g/mol. The number of aromatic amines is 2. The average Bonchev–Trinajstić information content (AvgIpc) is 3.59. The summed E-state index contributed by atoms with van der Waals surface area (Å²) < 4.78 is 9.75. The topological polar surface area (TPSA) is 168 Å². The van der Waals surface area contributed by atoms with Crippen molar-refractivity contribution in [2.45, 2.75) is 53.4 Å². The number of fused-ring (bicyclic) bond motifs is 1. The summed E-state index contributed by atoms with van der Waals surface area (Å²) in [5.41, 5.74) is 6.46. The van der Waals surface area contributed by atoms with E-state index < -0.39 is 11.9 Å². The van der Waals surface area contributed by atoms with Crippen LogP contribution in [0.25, 0.3) is 11.6 Å². The van der Waals surface area contributed by atoms with Crippen LogP contribution in [0.4, 0.5) is 5.69 Å². The van der Waals surface area contributed by atoms with Gasteiger partial charge in [0.1, 0.15) is 5.69 Å². The number of H-pyrrole nitrogens is 2. The maximum Gasteiger partial charge on any atom is 0.355 e. The Morgan fingerprint density at radius 1 is 1.00 bits per heavy atom. The number of amides is 1. The van der Waals surface area contributed by atoms with Crippen molar-refractivity contribution in [3.05, 3.63) is 74.3 Å². The number of ether oxygens (including phenoxy) is 2. The van der Waals surface area contributed by atoms with Gasteiger partial charge in [-0.15, -0.1) is 0 Å². The van der Waals surface area contributed by atoms with Gasteiger partial charge in [-0.25, -0.2) is 4.79 Å². The molecule has 11 nitrogen and oxygen atoms in total. The van der Waals surface area contributed by atoms with Gasteiger partial charge in [0.2, 0.25) is 0 Å². The van der Waals surface area contributed by atoms with Crippen molar-refractivity contribution in [3.63, 3.8) is 0 Å². The second-order valence-corrected chi connectivity index (χ2v) is 10.1. The zero-order chi connectivity index (χ0) is 31.7. The molecular weight excluding hydrogens is 578 g/mol. The predicted octanol–water partition coefficient (Wildman–Crippen LogP) is 5.29. The Morgan fingerprint density at radius 3 is 2.35 bits per heavy atom. The van der Waals surface area contributed by atoms with E-state index in [1.165, 1.54) is 0 Å². The number of hydrogen-bond donors (Lipinski definition) is 4. The number of aliphatic carboxylic acids is 1. The molecule has 1 aliphatic rings. The van der Waals surface area contributed by atoms with E-state index in [-0.39, 0.29) is 37.0 Å². The van der Waals surface area contributed by atoms with Crippen LogP contribution in [0.2, 0.25) is 5.02 Å². The standard InChI is InChI=1S/C17H15ClN2O3.C14H19NO5/c1-9-8-19-15(11(9)3-5-16(21)22)7-13-12-6-10(18)2-4-14(12)20-17(13)23;1-4-19-12(17)7-6-10-9(3)13(14(18)20-5-2)15-11(10)8-16/h2,4,6-8,19H,3,5H2,1H3,(H,20,23)(H,21,22);8,15H,4-7H2,1-3H3/b13-7-;. The summed E-state index contributed by atoms with van der Waals surface area (Å²) >= 11 is 6.02.